The van der Waals surface area contributed by atoms with E-state index in [2.05, 4.69) is 10.9 Å². The minimum absolute atomic E-state index is 0.0486. The molecule has 1 unspecified atom stereocenters. The molecule has 1 atom stereocenters. The second kappa shape index (κ2) is 7.72. The fourth-order valence-electron chi connectivity index (χ4n) is 2.80. The number of hydrazine groups is 1. The van der Waals surface area contributed by atoms with Crippen LogP contribution < -0.4 is 20.5 Å². The maximum Gasteiger partial charge on any atom is 0.275 e. The number of carbonyl (C=O) groups is 2. The van der Waals surface area contributed by atoms with E-state index >= 15 is 0 Å². The highest BCUT2D eigenvalue weighted by atomic mass is 16.5. The maximum absolute atomic E-state index is 13.0. The predicted molar refractivity (Wildman–Crippen MR) is 101 cm³/mol. The van der Waals surface area contributed by atoms with Gasteiger partial charge in [-0.2, -0.15) is 5.26 Å². The van der Waals surface area contributed by atoms with Crippen LogP contribution in [0.5, 0.6) is 5.75 Å². The summed E-state index contributed by atoms with van der Waals surface area (Å²) in [5.74, 6) is -0.365. The summed E-state index contributed by atoms with van der Waals surface area (Å²) in [5.41, 5.74) is 7.32. The third-order valence-electron chi connectivity index (χ3n) is 4.29. The Morgan fingerprint density at radius 3 is 2.33 bits per heavy atom. The van der Waals surface area contributed by atoms with Gasteiger partial charge in [-0.15, -0.1) is 0 Å². The number of carbonyl (C=O) groups excluding carboxylic acids is 2. The molecule has 0 bridgehead atoms. The first-order chi connectivity index (χ1) is 13.1. The van der Waals surface area contributed by atoms with Crippen molar-refractivity contribution in [1.29, 1.82) is 5.26 Å². The molecule has 0 aliphatic carbocycles. The molecule has 0 saturated carbocycles. The van der Waals surface area contributed by atoms with E-state index in [1.54, 1.807) is 68.6 Å². The quantitative estimate of drug-likeness (QED) is 0.626. The second-order valence-electron chi connectivity index (χ2n) is 5.92. The Hall–Kier alpha value is -3.63. The SMILES string of the molecule is COc1ccc(NNC2C(=O)N(c3ccccc3)C(=O)C(C#N)=C2C)cc1. The highest BCUT2D eigenvalue weighted by Crippen LogP contribution is 2.26. The van der Waals surface area contributed by atoms with Crippen molar-refractivity contribution in [2.45, 2.75) is 13.0 Å². The van der Waals surface area contributed by atoms with E-state index in [0.29, 0.717) is 22.7 Å². The first-order valence-corrected chi connectivity index (χ1v) is 8.26. The molecule has 1 aliphatic heterocycles. The summed E-state index contributed by atoms with van der Waals surface area (Å²) in [6.07, 6.45) is 0. The number of amides is 2. The van der Waals surface area contributed by atoms with Crippen LogP contribution in [-0.2, 0) is 9.59 Å². The van der Waals surface area contributed by atoms with Crippen LogP contribution in [0.4, 0.5) is 11.4 Å². The number of nitrogens with one attached hydrogen (secondary N) is 2. The summed E-state index contributed by atoms with van der Waals surface area (Å²) in [4.78, 5) is 26.6. The molecular weight excluding hydrogens is 344 g/mol. The molecule has 2 amide bonds. The summed E-state index contributed by atoms with van der Waals surface area (Å²) in [6, 6.07) is 16.7. The third-order valence-corrected chi connectivity index (χ3v) is 4.29. The van der Waals surface area contributed by atoms with Gasteiger partial charge in [-0.05, 0) is 48.9 Å². The fraction of sp³-hybridized carbons (Fsp3) is 0.150. The van der Waals surface area contributed by atoms with Crippen LogP contribution in [-0.4, -0.2) is 25.0 Å². The Bertz CT molecular complexity index is 930. The van der Waals surface area contributed by atoms with Gasteiger partial charge in [-0.3, -0.25) is 9.59 Å². The van der Waals surface area contributed by atoms with E-state index in [9.17, 15) is 14.9 Å². The lowest BCUT2D eigenvalue weighted by Crippen LogP contribution is -2.55. The molecule has 0 aromatic heterocycles. The maximum atomic E-state index is 13.0. The minimum Gasteiger partial charge on any atom is -0.497 e. The van der Waals surface area contributed by atoms with Crippen molar-refractivity contribution in [2.75, 3.05) is 17.4 Å². The van der Waals surface area contributed by atoms with Crippen LogP contribution in [0, 0.1) is 11.3 Å². The first kappa shape index (κ1) is 18.2. The van der Waals surface area contributed by atoms with E-state index < -0.39 is 17.9 Å². The molecule has 27 heavy (non-hydrogen) atoms. The van der Waals surface area contributed by atoms with E-state index in [1.807, 2.05) is 6.07 Å². The first-order valence-electron chi connectivity index (χ1n) is 8.26. The van der Waals surface area contributed by atoms with E-state index in [1.165, 1.54) is 0 Å². The summed E-state index contributed by atoms with van der Waals surface area (Å²) in [6.45, 7) is 1.60. The fourth-order valence-corrected chi connectivity index (χ4v) is 2.80. The molecule has 0 fully saturated rings. The molecule has 0 radical (unpaired) electrons. The predicted octanol–water partition coefficient (Wildman–Crippen LogP) is 2.39. The minimum atomic E-state index is -0.861. The number of anilines is 2. The van der Waals surface area contributed by atoms with Gasteiger partial charge in [0.05, 0.1) is 12.8 Å². The normalized spacial score (nSPS) is 16.9. The Labute approximate surface area is 156 Å². The average molecular weight is 362 g/mol. The Morgan fingerprint density at radius 2 is 1.74 bits per heavy atom. The van der Waals surface area contributed by atoms with Crippen molar-refractivity contribution < 1.29 is 14.3 Å². The summed E-state index contributed by atoms with van der Waals surface area (Å²) in [7, 11) is 1.58. The van der Waals surface area contributed by atoms with Gasteiger partial charge in [-0.1, -0.05) is 18.2 Å². The average Bonchev–Trinajstić information content (AvgIpc) is 2.69. The van der Waals surface area contributed by atoms with Crippen molar-refractivity contribution in [1.82, 2.24) is 5.43 Å². The van der Waals surface area contributed by atoms with Crippen molar-refractivity contribution >= 4 is 23.2 Å². The lowest BCUT2D eigenvalue weighted by molar-refractivity contribution is -0.126. The number of hydrogen-bond donors (Lipinski definition) is 2. The molecule has 1 aliphatic rings. The number of ether oxygens (including phenoxy) is 1. The molecule has 136 valence electrons. The van der Waals surface area contributed by atoms with Gasteiger partial charge in [0, 0.05) is 5.69 Å². The van der Waals surface area contributed by atoms with Gasteiger partial charge in [0.15, 0.2) is 0 Å². The number of methoxy groups -OCH3 is 1. The Kier molecular flexibility index (Phi) is 5.20. The zero-order valence-corrected chi connectivity index (χ0v) is 14.9. The van der Waals surface area contributed by atoms with Crippen molar-refractivity contribution in [3.8, 4) is 11.8 Å². The lowest BCUT2D eigenvalue weighted by Gasteiger charge is -2.32. The molecule has 0 saturated heterocycles. The van der Waals surface area contributed by atoms with Gasteiger partial charge in [0.1, 0.15) is 23.4 Å². The van der Waals surface area contributed by atoms with E-state index in [4.69, 9.17) is 4.74 Å². The molecule has 7 heteroatoms. The van der Waals surface area contributed by atoms with Crippen molar-refractivity contribution in [2.24, 2.45) is 0 Å². The molecule has 2 aromatic carbocycles. The molecule has 2 aromatic rings. The number of imide groups is 1. The van der Waals surface area contributed by atoms with Gasteiger partial charge in [0.25, 0.3) is 11.8 Å². The number of para-hydroxylation sites is 1. The zero-order chi connectivity index (χ0) is 19.4. The second-order valence-corrected chi connectivity index (χ2v) is 5.92. The van der Waals surface area contributed by atoms with Crippen LogP contribution in [0.1, 0.15) is 6.92 Å². The van der Waals surface area contributed by atoms with Crippen LogP contribution in [0.3, 0.4) is 0 Å². The highest BCUT2D eigenvalue weighted by Gasteiger charge is 2.40. The molecule has 0 spiro atoms. The number of benzene rings is 2. The van der Waals surface area contributed by atoms with Gasteiger partial charge in [-0.25, -0.2) is 10.3 Å². The van der Waals surface area contributed by atoms with Crippen LogP contribution in [0.2, 0.25) is 0 Å². The molecule has 2 N–H and O–H groups in total. The largest absolute Gasteiger partial charge is 0.497 e. The number of hydrogen-bond acceptors (Lipinski definition) is 6. The van der Waals surface area contributed by atoms with Crippen LogP contribution in [0.25, 0.3) is 0 Å². The van der Waals surface area contributed by atoms with Gasteiger partial charge in [0.2, 0.25) is 0 Å². The monoisotopic (exact) mass is 362 g/mol. The van der Waals surface area contributed by atoms with E-state index in [0.717, 1.165) is 4.90 Å². The topological polar surface area (TPSA) is 94.5 Å². The number of rotatable bonds is 5. The van der Waals surface area contributed by atoms with Gasteiger partial charge < -0.3 is 10.2 Å². The van der Waals surface area contributed by atoms with Crippen molar-refractivity contribution in [3.63, 3.8) is 0 Å². The molecule has 3 rings (SSSR count). The number of nitriles is 1. The summed E-state index contributed by atoms with van der Waals surface area (Å²) >= 11 is 0. The van der Waals surface area contributed by atoms with Crippen LogP contribution in [0.15, 0.2) is 65.7 Å². The van der Waals surface area contributed by atoms with Crippen molar-refractivity contribution in [3.05, 3.63) is 65.7 Å². The van der Waals surface area contributed by atoms with Crippen LogP contribution >= 0.6 is 0 Å². The zero-order valence-electron chi connectivity index (χ0n) is 14.9. The molecule has 1 heterocycles. The third kappa shape index (κ3) is 3.52. The summed E-state index contributed by atoms with van der Waals surface area (Å²) in [5, 5.41) is 9.41. The van der Waals surface area contributed by atoms with E-state index in [-0.39, 0.29) is 5.57 Å². The lowest BCUT2D eigenvalue weighted by atomic mass is 9.96. The van der Waals surface area contributed by atoms with Gasteiger partial charge >= 0.3 is 0 Å². The molecule has 7 nitrogen and oxygen atoms in total. The Balaban J connectivity index is 1.88. The highest BCUT2D eigenvalue weighted by molar-refractivity contribution is 6.27. The number of nitrogens with zero attached hydrogens (tertiary/aromatic N) is 2. The Morgan fingerprint density at radius 1 is 1.07 bits per heavy atom. The summed E-state index contributed by atoms with van der Waals surface area (Å²) < 4.78 is 5.11. The molecular formula is C20H18N4O3. The standard InChI is InChI=1S/C20H18N4O3/c1-13-17(12-21)19(25)24(15-6-4-3-5-7-15)20(26)18(13)23-22-14-8-10-16(27-2)11-9-14/h3-11,18,22-23H,1-2H3. The smallest absolute Gasteiger partial charge is 0.275 e.